The van der Waals surface area contributed by atoms with Gasteiger partial charge in [-0.25, -0.2) is 0 Å². The zero-order valence-corrected chi connectivity index (χ0v) is 12.3. The van der Waals surface area contributed by atoms with E-state index in [2.05, 4.69) is 15.5 Å². The highest BCUT2D eigenvalue weighted by Gasteiger charge is 2.07. The summed E-state index contributed by atoms with van der Waals surface area (Å²) in [5.74, 6) is 0.0311. The van der Waals surface area contributed by atoms with E-state index in [1.165, 1.54) is 0 Å². The van der Waals surface area contributed by atoms with Crippen LogP contribution in [0.1, 0.15) is 30.3 Å². The Hall–Kier alpha value is -2.11. The highest BCUT2D eigenvalue weighted by molar-refractivity contribution is 5.75. The topological polar surface area (TPSA) is 64.7 Å². The molecule has 1 N–H and O–H groups in total. The summed E-state index contributed by atoms with van der Waals surface area (Å²) in [6, 6.07) is 1.93. The van der Waals surface area contributed by atoms with Crippen LogP contribution in [0.4, 0.5) is 0 Å². The van der Waals surface area contributed by atoms with Crippen molar-refractivity contribution in [2.75, 3.05) is 0 Å². The first-order valence-electron chi connectivity index (χ1n) is 6.88. The van der Waals surface area contributed by atoms with Crippen LogP contribution in [0, 0.1) is 13.8 Å². The van der Waals surface area contributed by atoms with E-state index in [0.29, 0.717) is 19.5 Å². The number of hydrogen-bond donors (Lipinski definition) is 1. The van der Waals surface area contributed by atoms with Gasteiger partial charge in [0.15, 0.2) is 0 Å². The predicted molar refractivity (Wildman–Crippen MR) is 76.1 cm³/mol. The van der Waals surface area contributed by atoms with Crippen molar-refractivity contribution in [2.45, 2.75) is 46.8 Å². The molecule has 108 valence electrons. The van der Waals surface area contributed by atoms with Crippen LogP contribution in [-0.2, 0) is 24.4 Å². The maximum Gasteiger partial charge on any atom is 0.222 e. The van der Waals surface area contributed by atoms with E-state index in [1.54, 1.807) is 6.20 Å². The van der Waals surface area contributed by atoms with Crippen LogP contribution in [0.2, 0.25) is 0 Å². The standard InChI is InChI=1S/C14H21N5O/c1-4-18-10-13(12(3)17-18)9-15-14(20)6-8-19-11(2)5-7-16-19/h5,7,10H,4,6,8-9H2,1-3H3,(H,15,20). The molecule has 2 heterocycles. The molecule has 0 unspecified atom stereocenters. The Morgan fingerprint density at radius 1 is 1.40 bits per heavy atom. The van der Waals surface area contributed by atoms with Gasteiger partial charge in [-0.15, -0.1) is 0 Å². The first-order valence-corrected chi connectivity index (χ1v) is 6.88. The molecule has 2 rings (SSSR count). The van der Waals surface area contributed by atoms with Gasteiger partial charge < -0.3 is 5.32 Å². The van der Waals surface area contributed by atoms with Gasteiger partial charge in [0.1, 0.15) is 0 Å². The van der Waals surface area contributed by atoms with E-state index in [4.69, 9.17) is 0 Å². The van der Waals surface area contributed by atoms with Crippen LogP contribution >= 0.6 is 0 Å². The van der Waals surface area contributed by atoms with Crippen molar-refractivity contribution < 1.29 is 4.79 Å². The summed E-state index contributed by atoms with van der Waals surface area (Å²) < 4.78 is 3.71. The van der Waals surface area contributed by atoms with Crippen molar-refractivity contribution in [1.82, 2.24) is 24.9 Å². The van der Waals surface area contributed by atoms with E-state index >= 15 is 0 Å². The Morgan fingerprint density at radius 2 is 2.20 bits per heavy atom. The molecule has 0 spiro atoms. The van der Waals surface area contributed by atoms with Crippen LogP contribution in [0.3, 0.4) is 0 Å². The van der Waals surface area contributed by atoms with E-state index < -0.39 is 0 Å². The molecule has 2 aromatic heterocycles. The minimum absolute atomic E-state index is 0.0311. The lowest BCUT2D eigenvalue weighted by atomic mass is 10.2. The summed E-state index contributed by atoms with van der Waals surface area (Å²) in [6.45, 7) is 7.96. The molecular formula is C14H21N5O. The molecule has 0 aliphatic heterocycles. The molecule has 0 saturated heterocycles. The minimum Gasteiger partial charge on any atom is -0.352 e. The number of hydrogen-bond acceptors (Lipinski definition) is 3. The van der Waals surface area contributed by atoms with Gasteiger partial charge in [-0.2, -0.15) is 10.2 Å². The largest absolute Gasteiger partial charge is 0.352 e. The summed E-state index contributed by atoms with van der Waals surface area (Å²) in [5.41, 5.74) is 3.10. The van der Waals surface area contributed by atoms with Gasteiger partial charge in [0, 0.05) is 49.7 Å². The SMILES string of the molecule is CCn1cc(CNC(=O)CCn2nccc2C)c(C)n1. The third-order valence-corrected chi connectivity index (χ3v) is 3.33. The second-order valence-electron chi connectivity index (χ2n) is 4.82. The Morgan fingerprint density at radius 3 is 2.80 bits per heavy atom. The van der Waals surface area contributed by atoms with Gasteiger partial charge in [0.2, 0.25) is 5.91 Å². The maximum atomic E-state index is 11.8. The fraction of sp³-hybridized carbons (Fsp3) is 0.500. The summed E-state index contributed by atoms with van der Waals surface area (Å²) in [4.78, 5) is 11.8. The molecule has 0 fully saturated rings. The zero-order valence-electron chi connectivity index (χ0n) is 12.3. The summed E-state index contributed by atoms with van der Waals surface area (Å²) >= 11 is 0. The summed E-state index contributed by atoms with van der Waals surface area (Å²) in [6.07, 6.45) is 4.16. The first kappa shape index (κ1) is 14.3. The first-order chi connectivity index (χ1) is 9.60. The third-order valence-electron chi connectivity index (χ3n) is 3.33. The number of nitrogens with one attached hydrogen (secondary N) is 1. The van der Waals surface area contributed by atoms with E-state index in [1.807, 2.05) is 42.4 Å². The molecule has 0 bridgehead atoms. The molecule has 0 aliphatic carbocycles. The highest BCUT2D eigenvalue weighted by atomic mass is 16.1. The molecule has 6 nitrogen and oxygen atoms in total. The molecule has 0 atom stereocenters. The lowest BCUT2D eigenvalue weighted by molar-refractivity contribution is -0.121. The molecular weight excluding hydrogens is 254 g/mol. The molecule has 0 aliphatic rings. The van der Waals surface area contributed by atoms with E-state index in [-0.39, 0.29) is 5.91 Å². The third kappa shape index (κ3) is 3.46. The van der Waals surface area contributed by atoms with Crippen molar-refractivity contribution in [3.63, 3.8) is 0 Å². The molecule has 0 radical (unpaired) electrons. The molecule has 1 amide bonds. The van der Waals surface area contributed by atoms with Crippen LogP contribution < -0.4 is 5.32 Å². The Kier molecular flexibility index (Phi) is 4.55. The number of carbonyl (C=O) groups excluding carboxylic acids is 1. The molecule has 20 heavy (non-hydrogen) atoms. The summed E-state index contributed by atoms with van der Waals surface area (Å²) in [5, 5.41) is 11.4. The van der Waals surface area contributed by atoms with Gasteiger partial charge in [-0.1, -0.05) is 0 Å². The minimum atomic E-state index is 0.0311. The fourth-order valence-corrected chi connectivity index (χ4v) is 2.02. The smallest absolute Gasteiger partial charge is 0.222 e. The van der Waals surface area contributed by atoms with E-state index in [9.17, 15) is 4.79 Å². The number of aryl methyl sites for hydroxylation is 4. The molecule has 2 aromatic rings. The lowest BCUT2D eigenvalue weighted by Gasteiger charge is -2.06. The average Bonchev–Trinajstić information content (AvgIpc) is 3.00. The van der Waals surface area contributed by atoms with Crippen molar-refractivity contribution in [3.05, 3.63) is 35.4 Å². The zero-order chi connectivity index (χ0) is 14.5. The van der Waals surface area contributed by atoms with Crippen LogP contribution in [0.25, 0.3) is 0 Å². The van der Waals surface area contributed by atoms with Crippen LogP contribution in [-0.4, -0.2) is 25.5 Å². The molecule has 6 heteroatoms. The average molecular weight is 275 g/mol. The number of aromatic nitrogens is 4. The highest BCUT2D eigenvalue weighted by Crippen LogP contribution is 2.05. The van der Waals surface area contributed by atoms with Crippen molar-refractivity contribution in [1.29, 1.82) is 0 Å². The number of nitrogens with zero attached hydrogens (tertiary/aromatic N) is 4. The van der Waals surface area contributed by atoms with Gasteiger partial charge in [0.05, 0.1) is 5.69 Å². The van der Waals surface area contributed by atoms with E-state index in [0.717, 1.165) is 23.5 Å². The monoisotopic (exact) mass is 275 g/mol. The van der Waals surface area contributed by atoms with Gasteiger partial charge in [-0.3, -0.25) is 14.2 Å². The molecule has 0 saturated carbocycles. The maximum absolute atomic E-state index is 11.8. The second-order valence-corrected chi connectivity index (χ2v) is 4.82. The Bertz CT molecular complexity index is 584. The molecule has 0 aromatic carbocycles. The van der Waals surface area contributed by atoms with Crippen molar-refractivity contribution >= 4 is 5.91 Å². The number of amides is 1. The predicted octanol–water partition coefficient (Wildman–Crippen LogP) is 1.42. The van der Waals surface area contributed by atoms with Crippen molar-refractivity contribution in [2.24, 2.45) is 0 Å². The van der Waals surface area contributed by atoms with Gasteiger partial charge in [-0.05, 0) is 26.8 Å². The number of carbonyl (C=O) groups is 1. The fourth-order valence-electron chi connectivity index (χ4n) is 2.02. The van der Waals surface area contributed by atoms with Gasteiger partial charge in [0.25, 0.3) is 0 Å². The van der Waals surface area contributed by atoms with Gasteiger partial charge >= 0.3 is 0 Å². The Balaban J connectivity index is 1.80. The number of rotatable bonds is 6. The quantitative estimate of drug-likeness (QED) is 0.867. The van der Waals surface area contributed by atoms with Crippen molar-refractivity contribution in [3.8, 4) is 0 Å². The normalized spacial score (nSPS) is 10.8. The summed E-state index contributed by atoms with van der Waals surface area (Å²) in [7, 11) is 0. The lowest BCUT2D eigenvalue weighted by Crippen LogP contribution is -2.24. The van der Waals surface area contributed by atoms with Crippen LogP contribution in [0.15, 0.2) is 18.5 Å². The van der Waals surface area contributed by atoms with Crippen LogP contribution in [0.5, 0.6) is 0 Å². The second kappa shape index (κ2) is 6.36. The Labute approximate surface area is 118 Å².